The highest BCUT2D eigenvalue weighted by Gasteiger charge is 2.21. The number of carbonyl (C=O) groups is 3. The van der Waals surface area contributed by atoms with Gasteiger partial charge in [0, 0.05) is 11.6 Å². The summed E-state index contributed by atoms with van der Waals surface area (Å²) in [6.45, 7) is 0.611. The molecule has 30 heavy (non-hydrogen) atoms. The van der Waals surface area contributed by atoms with Crippen molar-refractivity contribution in [3.8, 4) is 11.5 Å². The van der Waals surface area contributed by atoms with E-state index in [-0.39, 0.29) is 11.8 Å². The number of aromatic nitrogens is 2. The number of carbonyl (C=O) groups excluding carboxylic acids is 3. The van der Waals surface area contributed by atoms with Gasteiger partial charge in [0.15, 0.2) is 30.5 Å². The van der Waals surface area contributed by atoms with Crippen molar-refractivity contribution in [3.05, 3.63) is 36.0 Å². The summed E-state index contributed by atoms with van der Waals surface area (Å²) in [7, 11) is 1.44. The molecule has 9 heteroatoms. The molecule has 0 saturated heterocycles. The summed E-state index contributed by atoms with van der Waals surface area (Å²) in [5.41, 5.74) is 0.468. The molecule has 1 aromatic carbocycles. The van der Waals surface area contributed by atoms with Gasteiger partial charge in [-0.15, -0.1) is 0 Å². The van der Waals surface area contributed by atoms with Gasteiger partial charge in [-0.3, -0.25) is 9.59 Å². The number of benzene rings is 1. The Labute approximate surface area is 174 Å². The van der Waals surface area contributed by atoms with E-state index in [2.05, 4.69) is 10.4 Å². The monoisotopic (exact) mass is 415 g/mol. The summed E-state index contributed by atoms with van der Waals surface area (Å²) in [6.07, 6.45) is 6.01. The number of methoxy groups -OCH3 is 1. The highest BCUT2D eigenvalue weighted by atomic mass is 16.6. The van der Waals surface area contributed by atoms with Gasteiger partial charge in [-0.1, -0.05) is 12.8 Å². The zero-order valence-corrected chi connectivity index (χ0v) is 17.1. The lowest BCUT2D eigenvalue weighted by Gasteiger charge is -2.14. The van der Waals surface area contributed by atoms with Gasteiger partial charge in [0.1, 0.15) is 5.82 Å². The molecule has 0 radical (unpaired) electrons. The topological polar surface area (TPSA) is 109 Å². The Hall–Kier alpha value is -3.36. The Morgan fingerprint density at radius 1 is 1.13 bits per heavy atom. The molecule has 0 atom stereocenters. The summed E-state index contributed by atoms with van der Waals surface area (Å²) < 4.78 is 17.4. The van der Waals surface area contributed by atoms with Crippen LogP contribution in [0.15, 0.2) is 30.5 Å². The second kappa shape index (κ2) is 9.91. The maximum atomic E-state index is 12.1. The number of nitrogens with one attached hydrogen (secondary N) is 1. The first-order chi connectivity index (χ1) is 14.5. The van der Waals surface area contributed by atoms with E-state index in [1.165, 1.54) is 20.1 Å². The van der Waals surface area contributed by atoms with Crippen molar-refractivity contribution in [3.63, 3.8) is 0 Å². The van der Waals surface area contributed by atoms with Crippen LogP contribution in [0.2, 0.25) is 0 Å². The van der Waals surface area contributed by atoms with Gasteiger partial charge in [-0.25, -0.2) is 9.48 Å². The first kappa shape index (κ1) is 21.4. The molecule has 1 aromatic heterocycles. The second-order valence-electron chi connectivity index (χ2n) is 7.02. The molecule has 9 nitrogen and oxygen atoms in total. The van der Waals surface area contributed by atoms with Crippen molar-refractivity contribution in [1.82, 2.24) is 9.78 Å². The molecule has 1 amide bonds. The maximum Gasteiger partial charge on any atom is 0.344 e. The van der Waals surface area contributed by atoms with Crippen LogP contribution in [-0.2, 0) is 14.3 Å². The zero-order valence-electron chi connectivity index (χ0n) is 17.1. The fraction of sp³-hybridized carbons (Fsp3) is 0.429. The molecule has 0 bridgehead atoms. The van der Waals surface area contributed by atoms with E-state index in [4.69, 9.17) is 14.2 Å². The van der Waals surface area contributed by atoms with Crippen LogP contribution in [-0.4, -0.2) is 47.8 Å². The normalized spacial score (nSPS) is 13.7. The number of nitrogens with zero attached hydrogens (tertiary/aromatic N) is 2. The molecule has 0 unspecified atom stereocenters. The molecular formula is C21H25N3O6. The van der Waals surface area contributed by atoms with E-state index in [1.54, 1.807) is 24.4 Å². The Morgan fingerprint density at radius 2 is 1.90 bits per heavy atom. The largest absolute Gasteiger partial charge is 0.493 e. The lowest BCUT2D eigenvalue weighted by molar-refractivity contribution is -0.149. The van der Waals surface area contributed by atoms with E-state index in [1.807, 2.05) is 4.68 Å². The van der Waals surface area contributed by atoms with Crippen molar-refractivity contribution >= 4 is 23.5 Å². The van der Waals surface area contributed by atoms with Gasteiger partial charge in [-0.2, -0.15) is 5.10 Å². The SMILES string of the molecule is COc1cc(C(C)=O)ccc1OCC(=O)OCC(=O)Nc1ccnn1C1CCCC1. The quantitative estimate of drug-likeness (QED) is 0.495. The number of amides is 1. The smallest absolute Gasteiger partial charge is 0.344 e. The molecule has 160 valence electrons. The maximum absolute atomic E-state index is 12.1. The molecule has 1 aliphatic rings. The van der Waals surface area contributed by atoms with Gasteiger partial charge in [0.05, 0.1) is 19.3 Å². The number of hydrogen-bond acceptors (Lipinski definition) is 7. The van der Waals surface area contributed by atoms with Crippen LogP contribution < -0.4 is 14.8 Å². The predicted octanol–water partition coefficient (Wildman–Crippen LogP) is 2.77. The zero-order chi connectivity index (χ0) is 21.5. The number of ketones is 1. The van der Waals surface area contributed by atoms with Gasteiger partial charge >= 0.3 is 5.97 Å². The molecule has 1 saturated carbocycles. The van der Waals surface area contributed by atoms with Crippen molar-refractivity contribution in [1.29, 1.82) is 0 Å². The predicted molar refractivity (Wildman–Crippen MR) is 108 cm³/mol. The third-order valence-electron chi connectivity index (χ3n) is 4.89. The fourth-order valence-corrected chi connectivity index (χ4v) is 3.36. The molecule has 0 spiro atoms. The minimum absolute atomic E-state index is 0.112. The molecule has 0 aliphatic heterocycles. The van der Waals surface area contributed by atoms with E-state index in [0.29, 0.717) is 22.9 Å². The summed E-state index contributed by atoms with van der Waals surface area (Å²) in [5, 5.41) is 7.01. The molecule has 2 aromatic rings. The summed E-state index contributed by atoms with van der Waals surface area (Å²) in [5.74, 6) is -0.0505. The first-order valence-electron chi connectivity index (χ1n) is 9.78. The van der Waals surface area contributed by atoms with E-state index in [0.717, 1.165) is 25.7 Å². The third-order valence-corrected chi connectivity index (χ3v) is 4.89. The average molecular weight is 415 g/mol. The number of esters is 1. The Morgan fingerprint density at radius 3 is 2.60 bits per heavy atom. The van der Waals surface area contributed by atoms with Gasteiger partial charge in [0.2, 0.25) is 0 Å². The first-order valence-corrected chi connectivity index (χ1v) is 9.78. The minimum Gasteiger partial charge on any atom is -0.493 e. The van der Waals surface area contributed by atoms with E-state index >= 15 is 0 Å². The van der Waals surface area contributed by atoms with Crippen LogP contribution in [0.25, 0.3) is 0 Å². The Balaban J connectivity index is 1.46. The van der Waals surface area contributed by atoms with Crippen LogP contribution in [0.5, 0.6) is 11.5 Å². The number of anilines is 1. The van der Waals surface area contributed by atoms with Crippen LogP contribution >= 0.6 is 0 Å². The molecule has 3 rings (SSSR count). The summed E-state index contributed by atoms with van der Waals surface area (Å²) in [6, 6.07) is 6.66. The highest BCUT2D eigenvalue weighted by Crippen LogP contribution is 2.31. The lowest BCUT2D eigenvalue weighted by Crippen LogP contribution is -2.25. The van der Waals surface area contributed by atoms with Crippen LogP contribution in [0, 0.1) is 0 Å². The van der Waals surface area contributed by atoms with Crippen molar-refractivity contribution in [2.24, 2.45) is 0 Å². The van der Waals surface area contributed by atoms with Crippen molar-refractivity contribution < 1.29 is 28.6 Å². The lowest BCUT2D eigenvalue weighted by atomic mass is 10.1. The number of rotatable bonds is 9. The molecular weight excluding hydrogens is 390 g/mol. The standard InChI is InChI=1S/C21H25N3O6/c1-14(25)15-7-8-17(18(11-15)28-2)29-13-21(27)30-12-20(26)23-19-9-10-22-24(19)16-5-3-4-6-16/h7-11,16H,3-6,12-13H2,1-2H3,(H,23,26). The molecule has 1 N–H and O–H groups in total. The molecule has 1 fully saturated rings. The summed E-state index contributed by atoms with van der Waals surface area (Å²) >= 11 is 0. The van der Waals surface area contributed by atoms with Crippen molar-refractivity contribution in [2.75, 3.05) is 25.6 Å². The average Bonchev–Trinajstić information content (AvgIpc) is 3.42. The van der Waals surface area contributed by atoms with Crippen LogP contribution in [0.4, 0.5) is 5.82 Å². The second-order valence-corrected chi connectivity index (χ2v) is 7.02. The molecule has 1 aliphatic carbocycles. The number of ether oxygens (including phenoxy) is 3. The Bertz CT molecular complexity index is 917. The number of hydrogen-bond donors (Lipinski definition) is 1. The van der Waals surface area contributed by atoms with Gasteiger partial charge in [-0.05, 0) is 38.0 Å². The van der Waals surface area contributed by atoms with Crippen LogP contribution in [0.1, 0.15) is 49.0 Å². The van der Waals surface area contributed by atoms with E-state index < -0.39 is 25.1 Å². The van der Waals surface area contributed by atoms with Gasteiger partial charge < -0.3 is 19.5 Å². The third kappa shape index (κ3) is 5.37. The molecule has 1 heterocycles. The van der Waals surface area contributed by atoms with Crippen LogP contribution in [0.3, 0.4) is 0 Å². The highest BCUT2D eigenvalue weighted by molar-refractivity contribution is 5.94. The number of Topliss-reactive ketones (excluding diaryl/α,β-unsaturated/α-hetero) is 1. The van der Waals surface area contributed by atoms with Gasteiger partial charge in [0.25, 0.3) is 5.91 Å². The summed E-state index contributed by atoms with van der Waals surface area (Å²) in [4.78, 5) is 35.5. The van der Waals surface area contributed by atoms with E-state index in [9.17, 15) is 14.4 Å². The minimum atomic E-state index is -0.702. The Kier molecular flexibility index (Phi) is 7.05. The van der Waals surface area contributed by atoms with Crippen molar-refractivity contribution in [2.45, 2.75) is 38.6 Å². The fourth-order valence-electron chi connectivity index (χ4n) is 3.36.